The highest BCUT2D eigenvalue weighted by atomic mass is 16.2. The second kappa shape index (κ2) is 6.78. The van der Waals surface area contributed by atoms with Crippen LogP contribution >= 0.6 is 0 Å². The van der Waals surface area contributed by atoms with Crippen molar-refractivity contribution in [2.75, 3.05) is 36.4 Å². The SMILES string of the molecule is Cc1cc(C)n(CC(=O)Nc2ccc(N3CCNCC3)cn2)n1. The van der Waals surface area contributed by atoms with E-state index in [2.05, 4.69) is 25.6 Å². The van der Waals surface area contributed by atoms with Crippen molar-refractivity contribution in [1.82, 2.24) is 20.1 Å². The maximum absolute atomic E-state index is 12.1. The summed E-state index contributed by atoms with van der Waals surface area (Å²) in [7, 11) is 0. The quantitative estimate of drug-likeness (QED) is 0.878. The zero-order valence-electron chi connectivity index (χ0n) is 13.5. The average molecular weight is 314 g/mol. The van der Waals surface area contributed by atoms with Crippen molar-refractivity contribution in [2.24, 2.45) is 0 Å². The van der Waals surface area contributed by atoms with Gasteiger partial charge in [-0.2, -0.15) is 5.10 Å². The highest BCUT2D eigenvalue weighted by Crippen LogP contribution is 2.15. The fourth-order valence-electron chi connectivity index (χ4n) is 2.72. The van der Waals surface area contributed by atoms with Gasteiger partial charge in [-0.15, -0.1) is 0 Å². The van der Waals surface area contributed by atoms with E-state index >= 15 is 0 Å². The third-order valence-corrected chi connectivity index (χ3v) is 3.89. The molecule has 0 spiro atoms. The fourth-order valence-corrected chi connectivity index (χ4v) is 2.72. The Bertz CT molecular complexity index is 672. The molecule has 0 unspecified atom stereocenters. The fraction of sp³-hybridized carbons (Fsp3) is 0.438. The van der Waals surface area contributed by atoms with Crippen molar-refractivity contribution < 1.29 is 4.79 Å². The molecule has 1 amide bonds. The topological polar surface area (TPSA) is 75.1 Å². The number of anilines is 2. The minimum absolute atomic E-state index is 0.126. The van der Waals surface area contributed by atoms with E-state index in [1.165, 1.54) is 0 Å². The Balaban J connectivity index is 1.59. The third-order valence-electron chi connectivity index (χ3n) is 3.89. The van der Waals surface area contributed by atoms with E-state index in [1.54, 1.807) is 4.68 Å². The molecule has 7 heteroatoms. The number of nitrogens with zero attached hydrogens (tertiary/aromatic N) is 4. The molecular weight excluding hydrogens is 292 g/mol. The van der Waals surface area contributed by atoms with Crippen LogP contribution in [0.15, 0.2) is 24.4 Å². The van der Waals surface area contributed by atoms with Gasteiger partial charge in [-0.3, -0.25) is 9.48 Å². The van der Waals surface area contributed by atoms with Crippen LogP contribution in [0, 0.1) is 13.8 Å². The number of aromatic nitrogens is 3. The number of nitrogens with one attached hydrogen (secondary N) is 2. The summed E-state index contributed by atoms with van der Waals surface area (Å²) in [6.45, 7) is 7.98. The standard InChI is InChI=1S/C16H22N6O/c1-12-9-13(2)22(20-12)11-16(23)19-15-4-3-14(10-18-15)21-7-5-17-6-8-21/h3-4,9-10,17H,5-8,11H2,1-2H3,(H,18,19,23). The van der Waals surface area contributed by atoms with Crippen LogP contribution < -0.4 is 15.5 Å². The van der Waals surface area contributed by atoms with Gasteiger partial charge in [-0.1, -0.05) is 0 Å². The molecule has 7 nitrogen and oxygen atoms in total. The molecule has 2 aromatic heterocycles. The highest BCUT2D eigenvalue weighted by molar-refractivity contribution is 5.89. The zero-order chi connectivity index (χ0) is 16.2. The number of hydrogen-bond acceptors (Lipinski definition) is 5. The number of carbonyl (C=O) groups is 1. The van der Waals surface area contributed by atoms with Crippen molar-refractivity contribution in [1.29, 1.82) is 0 Å². The zero-order valence-corrected chi connectivity index (χ0v) is 13.5. The van der Waals surface area contributed by atoms with Crippen LogP contribution in [-0.4, -0.2) is 46.9 Å². The van der Waals surface area contributed by atoms with Crippen LogP contribution in [-0.2, 0) is 11.3 Å². The Hall–Kier alpha value is -2.41. The molecule has 0 radical (unpaired) electrons. The van der Waals surface area contributed by atoms with Gasteiger partial charge in [0.05, 0.1) is 17.6 Å². The van der Waals surface area contributed by atoms with E-state index in [0.717, 1.165) is 43.3 Å². The number of pyridine rings is 1. The van der Waals surface area contributed by atoms with Crippen LogP contribution in [0.2, 0.25) is 0 Å². The number of aryl methyl sites for hydroxylation is 2. The van der Waals surface area contributed by atoms with Crippen molar-refractivity contribution in [3.05, 3.63) is 35.8 Å². The molecule has 0 bridgehead atoms. The predicted octanol–water partition coefficient (Wildman–Crippen LogP) is 0.943. The maximum atomic E-state index is 12.1. The highest BCUT2D eigenvalue weighted by Gasteiger charge is 2.12. The van der Waals surface area contributed by atoms with E-state index in [-0.39, 0.29) is 12.5 Å². The summed E-state index contributed by atoms with van der Waals surface area (Å²) in [6.07, 6.45) is 1.81. The van der Waals surface area contributed by atoms with Gasteiger partial charge in [0.1, 0.15) is 12.4 Å². The lowest BCUT2D eigenvalue weighted by molar-refractivity contribution is -0.117. The number of piperazine rings is 1. The van der Waals surface area contributed by atoms with Crippen molar-refractivity contribution >= 4 is 17.4 Å². The van der Waals surface area contributed by atoms with Crippen molar-refractivity contribution in [3.8, 4) is 0 Å². The minimum atomic E-state index is -0.126. The lowest BCUT2D eigenvalue weighted by Gasteiger charge is -2.29. The normalized spacial score (nSPS) is 14.8. The first-order chi connectivity index (χ1) is 11.1. The lowest BCUT2D eigenvalue weighted by atomic mass is 10.3. The van der Waals surface area contributed by atoms with Crippen LogP contribution in [0.4, 0.5) is 11.5 Å². The summed E-state index contributed by atoms with van der Waals surface area (Å²) in [4.78, 5) is 18.7. The predicted molar refractivity (Wildman–Crippen MR) is 89.7 cm³/mol. The monoisotopic (exact) mass is 314 g/mol. The molecule has 2 aromatic rings. The van der Waals surface area contributed by atoms with Gasteiger partial charge >= 0.3 is 0 Å². The van der Waals surface area contributed by atoms with Crippen LogP contribution in [0.5, 0.6) is 0 Å². The van der Waals surface area contributed by atoms with Gasteiger partial charge in [0.25, 0.3) is 0 Å². The van der Waals surface area contributed by atoms with Crippen molar-refractivity contribution in [2.45, 2.75) is 20.4 Å². The van der Waals surface area contributed by atoms with Crippen LogP contribution in [0.25, 0.3) is 0 Å². The van der Waals surface area contributed by atoms with Gasteiger partial charge in [0.15, 0.2) is 0 Å². The Morgan fingerprint density at radius 1 is 1.30 bits per heavy atom. The molecule has 1 fully saturated rings. The van der Waals surface area contributed by atoms with E-state index in [9.17, 15) is 4.79 Å². The summed E-state index contributed by atoms with van der Waals surface area (Å²) in [5.74, 6) is 0.439. The molecule has 1 saturated heterocycles. The molecule has 23 heavy (non-hydrogen) atoms. The van der Waals surface area contributed by atoms with Crippen LogP contribution in [0.3, 0.4) is 0 Å². The van der Waals surface area contributed by atoms with Gasteiger partial charge in [-0.25, -0.2) is 4.98 Å². The average Bonchev–Trinajstić information content (AvgIpc) is 2.86. The molecular formula is C16H22N6O. The summed E-state index contributed by atoms with van der Waals surface area (Å²) >= 11 is 0. The molecule has 3 rings (SSSR count). The summed E-state index contributed by atoms with van der Waals surface area (Å²) in [5, 5.41) is 10.4. The van der Waals surface area contributed by atoms with Gasteiger partial charge in [-0.05, 0) is 32.0 Å². The van der Waals surface area contributed by atoms with Gasteiger partial charge < -0.3 is 15.5 Å². The molecule has 0 aromatic carbocycles. The number of hydrogen-bond donors (Lipinski definition) is 2. The molecule has 122 valence electrons. The first-order valence-electron chi connectivity index (χ1n) is 7.84. The molecule has 0 saturated carbocycles. The lowest BCUT2D eigenvalue weighted by Crippen LogP contribution is -2.43. The molecule has 1 aliphatic heterocycles. The van der Waals surface area contributed by atoms with Crippen molar-refractivity contribution in [3.63, 3.8) is 0 Å². The summed E-state index contributed by atoms with van der Waals surface area (Å²) in [5.41, 5.74) is 2.97. The Kier molecular flexibility index (Phi) is 4.57. The Morgan fingerprint density at radius 2 is 2.09 bits per heavy atom. The van der Waals surface area contributed by atoms with E-state index in [4.69, 9.17) is 0 Å². The molecule has 2 N–H and O–H groups in total. The Labute approximate surface area is 135 Å². The second-order valence-corrected chi connectivity index (χ2v) is 5.77. The smallest absolute Gasteiger partial charge is 0.247 e. The second-order valence-electron chi connectivity index (χ2n) is 5.77. The van der Waals surface area contributed by atoms with E-state index < -0.39 is 0 Å². The Morgan fingerprint density at radius 3 is 2.70 bits per heavy atom. The molecule has 3 heterocycles. The first-order valence-corrected chi connectivity index (χ1v) is 7.84. The number of amides is 1. The first kappa shape index (κ1) is 15.5. The van der Waals surface area contributed by atoms with E-state index in [1.807, 2.05) is 38.2 Å². The van der Waals surface area contributed by atoms with E-state index in [0.29, 0.717) is 5.82 Å². The largest absolute Gasteiger partial charge is 0.368 e. The van der Waals surface area contributed by atoms with Gasteiger partial charge in [0.2, 0.25) is 5.91 Å². The van der Waals surface area contributed by atoms with Crippen LogP contribution in [0.1, 0.15) is 11.4 Å². The number of rotatable bonds is 4. The summed E-state index contributed by atoms with van der Waals surface area (Å²) < 4.78 is 1.69. The van der Waals surface area contributed by atoms with Gasteiger partial charge in [0, 0.05) is 31.9 Å². The molecule has 0 atom stereocenters. The third kappa shape index (κ3) is 3.87. The minimum Gasteiger partial charge on any atom is -0.368 e. The number of carbonyl (C=O) groups excluding carboxylic acids is 1. The summed E-state index contributed by atoms with van der Waals surface area (Å²) in [6, 6.07) is 5.79. The molecule has 0 aliphatic carbocycles. The molecule has 1 aliphatic rings. The maximum Gasteiger partial charge on any atom is 0.247 e.